The molecule has 0 N–H and O–H groups in total. The molecule has 358 valence electrons. The second-order valence-electron chi connectivity index (χ2n) is 19.9. The first-order valence-electron chi connectivity index (χ1n) is 25.9. The van der Waals surface area contributed by atoms with Gasteiger partial charge in [-0.25, -0.2) is 4.98 Å². The van der Waals surface area contributed by atoms with Crippen molar-refractivity contribution >= 4 is 119 Å². The van der Waals surface area contributed by atoms with Gasteiger partial charge in [-0.15, -0.1) is 11.3 Å². The second kappa shape index (κ2) is 16.2. The molecule has 0 aliphatic heterocycles. The van der Waals surface area contributed by atoms with E-state index in [1.807, 2.05) is 41.7 Å². The molecule has 0 atom stereocenters. The molecule has 8 heteroatoms. The SMILES string of the molecule is c1ccc(-c2nc(-c3cccc4oc5ccc(-c6cccc7sc8ccc(-n9c%10ccccc%10c%10ccccc%109)cc8c67)cc5c34)nc(-n3c4ccccc4c4ccc5c6ccccc6n(-c6ccccc6)c5c43)n2)cc1. The summed E-state index contributed by atoms with van der Waals surface area (Å²) in [7, 11) is 0. The van der Waals surface area contributed by atoms with Crippen LogP contribution in [0.5, 0.6) is 0 Å². The summed E-state index contributed by atoms with van der Waals surface area (Å²) in [6, 6.07) is 86.6. The molecule has 0 aliphatic carbocycles. The fraction of sp³-hybridized carbons (Fsp3) is 0. The number of rotatable bonds is 6. The molecule has 7 nitrogen and oxygen atoms in total. The Morgan fingerprint density at radius 1 is 0.312 bits per heavy atom. The molecule has 0 spiro atoms. The van der Waals surface area contributed by atoms with E-state index in [2.05, 4.69) is 226 Å². The average molecular weight is 1000 g/mol. The highest BCUT2D eigenvalue weighted by Gasteiger charge is 2.25. The third-order valence-electron chi connectivity index (χ3n) is 15.7. The van der Waals surface area contributed by atoms with E-state index < -0.39 is 0 Å². The highest BCUT2D eigenvalue weighted by Crippen LogP contribution is 2.46. The molecule has 0 aliphatic rings. The van der Waals surface area contributed by atoms with Crippen LogP contribution in [0, 0.1) is 0 Å². The van der Waals surface area contributed by atoms with Crippen LogP contribution in [-0.2, 0) is 0 Å². The van der Waals surface area contributed by atoms with Gasteiger partial charge in [0.15, 0.2) is 11.6 Å². The Bertz CT molecular complexity index is 5240. The van der Waals surface area contributed by atoms with Crippen LogP contribution in [-0.4, -0.2) is 28.7 Å². The van der Waals surface area contributed by atoms with Crippen LogP contribution in [0.4, 0.5) is 0 Å². The zero-order valence-electron chi connectivity index (χ0n) is 41.1. The molecular formula is C69H40N6OS. The van der Waals surface area contributed by atoms with E-state index in [0.29, 0.717) is 17.6 Å². The van der Waals surface area contributed by atoms with Gasteiger partial charge in [-0.2, -0.15) is 9.97 Å². The fourth-order valence-electron chi connectivity index (χ4n) is 12.4. The van der Waals surface area contributed by atoms with Gasteiger partial charge in [0.25, 0.3) is 0 Å². The van der Waals surface area contributed by atoms with E-state index in [0.717, 1.165) is 88.2 Å². The molecule has 0 saturated carbocycles. The standard InChI is InChI=1S/C69H40N6OS/c1-3-17-41(18-4-1)67-70-68(72-69(71-67)75-58-30-14-10-24-49(58)51-36-35-50-48-23-9-13-29-57(48)74(65(50)66(51)75)43-19-5-2-6-20-43)52-26-15-31-60-63(52)53-39-42(33-37-59(53)76-60)45-25-16-32-62-64(45)54-40-44(34-38-61(54)77-62)73-55-27-11-7-21-46(55)47-22-8-12-28-56(47)73/h1-40H. The molecule has 0 unspecified atom stereocenters. The zero-order valence-corrected chi connectivity index (χ0v) is 41.9. The number of fused-ring (bicyclic) bond motifs is 16. The summed E-state index contributed by atoms with van der Waals surface area (Å²) in [6.45, 7) is 0. The molecule has 0 bridgehead atoms. The lowest BCUT2D eigenvalue weighted by atomic mass is 9.97. The monoisotopic (exact) mass is 1000 g/mol. The molecule has 0 amide bonds. The summed E-state index contributed by atoms with van der Waals surface area (Å²) in [4.78, 5) is 16.4. The maximum Gasteiger partial charge on any atom is 0.238 e. The third-order valence-corrected chi connectivity index (χ3v) is 16.8. The smallest absolute Gasteiger partial charge is 0.238 e. The summed E-state index contributed by atoms with van der Waals surface area (Å²) in [5.41, 5.74) is 14.4. The van der Waals surface area contributed by atoms with Crippen molar-refractivity contribution in [2.24, 2.45) is 0 Å². The van der Waals surface area contributed by atoms with Crippen LogP contribution in [0.2, 0.25) is 0 Å². The van der Waals surface area contributed by atoms with Gasteiger partial charge in [0, 0.05) is 85.8 Å². The fourth-order valence-corrected chi connectivity index (χ4v) is 13.5. The second-order valence-corrected chi connectivity index (χ2v) is 21.0. The molecule has 0 saturated heterocycles. The first kappa shape index (κ1) is 42.2. The Labute approximate surface area is 443 Å². The van der Waals surface area contributed by atoms with Gasteiger partial charge in [0.1, 0.15) is 11.2 Å². The van der Waals surface area contributed by atoms with Gasteiger partial charge in [-0.3, -0.25) is 4.57 Å². The van der Waals surface area contributed by atoms with Crippen LogP contribution < -0.4 is 0 Å². The van der Waals surface area contributed by atoms with Crippen LogP contribution >= 0.6 is 11.3 Å². The van der Waals surface area contributed by atoms with E-state index in [1.165, 1.54) is 52.9 Å². The van der Waals surface area contributed by atoms with Gasteiger partial charge in [-0.05, 0) is 90.0 Å². The molecule has 6 aromatic heterocycles. The van der Waals surface area contributed by atoms with Crippen molar-refractivity contribution in [1.82, 2.24) is 28.7 Å². The van der Waals surface area contributed by atoms with Crippen molar-refractivity contribution in [3.63, 3.8) is 0 Å². The van der Waals surface area contributed by atoms with Crippen molar-refractivity contribution in [1.29, 1.82) is 0 Å². The largest absolute Gasteiger partial charge is 0.456 e. The Morgan fingerprint density at radius 3 is 1.61 bits per heavy atom. The zero-order chi connectivity index (χ0) is 50.3. The van der Waals surface area contributed by atoms with E-state index in [1.54, 1.807) is 0 Å². The van der Waals surface area contributed by atoms with Crippen molar-refractivity contribution in [3.8, 4) is 51.2 Å². The third kappa shape index (κ3) is 6.15. The maximum atomic E-state index is 6.76. The normalized spacial score (nSPS) is 12.2. The molecule has 17 rings (SSSR count). The van der Waals surface area contributed by atoms with E-state index in [9.17, 15) is 0 Å². The van der Waals surface area contributed by atoms with Gasteiger partial charge in [-0.1, -0.05) is 164 Å². The van der Waals surface area contributed by atoms with Crippen LogP contribution in [0.15, 0.2) is 247 Å². The number of aromatic nitrogens is 6. The van der Waals surface area contributed by atoms with Gasteiger partial charge in [0.2, 0.25) is 5.95 Å². The first-order valence-corrected chi connectivity index (χ1v) is 26.7. The molecule has 6 heterocycles. The van der Waals surface area contributed by atoms with E-state index in [-0.39, 0.29) is 0 Å². The molecule has 11 aromatic carbocycles. The number of nitrogens with zero attached hydrogens (tertiary/aromatic N) is 6. The van der Waals surface area contributed by atoms with Gasteiger partial charge < -0.3 is 13.6 Å². The maximum absolute atomic E-state index is 6.76. The van der Waals surface area contributed by atoms with Crippen molar-refractivity contribution in [3.05, 3.63) is 243 Å². The average Bonchev–Trinajstić information content (AvgIpc) is 4.45. The van der Waals surface area contributed by atoms with Gasteiger partial charge in [0.05, 0.1) is 33.1 Å². The summed E-state index contributed by atoms with van der Waals surface area (Å²) in [5.74, 6) is 1.66. The first-order chi connectivity index (χ1) is 38.2. The van der Waals surface area contributed by atoms with E-state index >= 15 is 0 Å². The molecule has 0 radical (unpaired) electrons. The summed E-state index contributed by atoms with van der Waals surface area (Å²) in [6.07, 6.45) is 0. The van der Waals surface area contributed by atoms with Crippen molar-refractivity contribution < 1.29 is 4.42 Å². The van der Waals surface area contributed by atoms with Crippen molar-refractivity contribution in [2.75, 3.05) is 0 Å². The predicted molar refractivity (Wildman–Crippen MR) is 319 cm³/mol. The van der Waals surface area contributed by atoms with Crippen molar-refractivity contribution in [2.45, 2.75) is 0 Å². The Balaban J connectivity index is 0.897. The van der Waals surface area contributed by atoms with Crippen LogP contribution in [0.3, 0.4) is 0 Å². The summed E-state index contributed by atoms with van der Waals surface area (Å²) >= 11 is 1.84. The minimum atomic E-state index is 0.527. The quantitative estimate of drug-likeness (QED) is 0.166. The van der Waals surface area contributed by atoms with Crippen LogP contribution in [0.1, 0.15) is 0 Å². The number of hydrogen-bond acceptors (Lipinski definition) is 5. The number of para-hydroxylation sites is 5. The number of hydrogen-bond donors (Lipinski definition) is 0. The number of thiophene rings is 1. The number of benzene rings is 11. The lowest BCUT2D eigenvalue weighted by Gasteiger charge is -2.13. The summed E-state index contributed by atoms with van der Waals surface area (Å²) < 4.78 is 16.3. The number of furan rings is 1. The van der Waals surface area contributed by atoms with Gasteiger partial charge >= 0.3 is 0 Å². The Morgan fingerprint density at radius 2 is 0.896 bits per heavy atom. The lowest BCUT2D eigenvalue weighted by Crippen LogP contribution is -2.07. The Kier molecular flexibility index (Phi) is 8.87. The van der Waals surface area contributed by atoms with Crippen LogP contribution in [0.25, 0.3) is 159 Å². The predicted octanol–water partition coefficient (Wildman–Crippen LogP) is 18.4. The molecule has 17 aromatic rings. The lowest BCUT2D eigenvalue weighted by molar-refractivity contribution is 0.669. The highest BCUT2D eigenvalue weighted by atomic mass is 32.1. The minimum absolute atomic E-state index is 0.527. The Hall–Kier alpha value is -10.2. The molecular weight excluding hydrogens is 961 g/mol. The molecule has 77 heavy (non-hydrogen) atoms. The minimum Gasteiger partial charge on any atom is -0.456 e. The highest BCUT2D eigenvalue weighted by molar-refractivity contribution is 7.26. The topological polar surface area (TPSA) is 66.6 Å². The summed E-state index contributed by atoms with van der Waals surface area (Å²) in [5, 5.41) is 11.5. The molecule has 0 fully saturated rings. The van der Waals surface area contributed by atoms with E-state index in [4.69, 9.17) is 19.4 Å².